The van der Waals surface area contributed by atoms with Crippen LogP contribution in [0.5, 0.6) is 0 Å². The summed E-state index contributed by atoms with van der Waals surface area (Å²) >= 11 is 5.89. The number of hydrogen-bond acceptors (Lipinski definition) is 3. The summed E-state index contributed by atoms with van der Waals surface area (Å²) in [6.07, 6.45) is 2.19. The number of rotatable bonds is 10. The average molecular weight is 272 g/mol. The molecule has 0 unspecified atom stereocenters. The molecule has 1 N–H and O–H groups in total. The summed E-state index contributed by atoms with van der Waals surface area (Å²) in [5, 5.41) is 4.07. The van der Waals surface area contributed by atoms with E-state index in [1.165, 1.54) is 0 Å². The number of benzene rings is 1. The Morgan fingerprint density at radius 3 is 2.83 bits per heavy atom. The van der Waals surface area contributed by atoms with Crippen LogP contribution in [-0.2, 0) is 16.1 Å². The Morgan fingerprint density at radius 1 is 1.17 bits per heavy atom. The summed E-state index contributed by atoms with van der Waals surface area (Å²) in [5.74, 6) is 0. The molecule has 0 saturated heterocycles. The molecule has 1 aromatic rings. The smallest absolute Gasteiger partial charge is 0.0717 e. The van der Waals surface area contributed by atoms with Crippen LogP contribution in [0.15, 0.2) is 24.3 Å². The molecule has 1 rings (SSSR count). The number of methoxy groups -OCH3 is 1. The lowest BCUT2D eigenvalue weighted by Crippen LogP contribution is -2.20. The largest absolute Gasteiger partial charge is 0.383 e. The Labute approximate surface area is 114 Å². The van der Waals surface area contributed by atoms with Crippen molar-refractivity contribution < 1.29 is 9.47 Å². The van der Waals surface area contributed by atoms with E-state index in [-0.39, 0.29) is 0 Å². The number of nitrogens with one attached hydrogen (secondary N) is 1. The molecule has 0 aliphatic heterocycles. The van der Waals surface area contributed by atoms with Crippen LogP contribution in [0.1, 0.15) is 18.4 Å². The highest BCUT2D eigenvalue weighted by molar-refractivity contribution is 6.30. The minimum Gasteiger partial charge on any atom is -0.383 e. The molecule has 0 bridgehead atoms. The normalized spacial score (nSPS) is 10.8. The van der Waals surface area contributed by atoms with Crippen molar-refractivity contribution in [1.82, 2.24) is 5.32 Å². The molecule has 0 aromatic heterocycles. The summed E-state index contributed by atoms with van der Waals surface area (Å²) < 4.78 is 10.5. The van der Waals surface area contributed by atoms with Gasteiger partial charge in [0.05, 0.1) is 13.2 Å². The van der Waals surface area contributed by atoms with E-state index in [2.05, 4.69) is 5.32 Å². The van der Waals surface area contributed by atoms with Gasteiger partial charge in [0.25, 0.3) is 0 Å². The first kappa shape index (κ1) is 15.4. The first-order valence-corrected chi connectivity index (χ1v) is 6.72. The molecule has 1 aromatic carbocycles. The minimum atomic E-state index is 0.637. The van der Waals surface area contributed by atoms with Gasteiger partial charge in [0.2, 0.25) is 0 Å². The molecular formula is C14H22ClNO2. The van der Waals surface area contributed by atoms with Gasteiger partial charge in [-0.2, -0.15) is 0 Å². The van der Waals surface area contributed by atoms with E-state index in [9.17, 15) is 0 Å². The van der Waals surface area contributed by atoms with Crippen LogP contribution in [0.3, 0.4) is 0 Å². The van der Waals surface area contributed by atoms with Crippen molar-refractivity contribution in [2.45, 2.75) is 19.4 Å². The fourth-order valence-corrected chi connectivity index (χ4v) is 1.78. The van der Waals surface area contributed by atoms with Gasteiger partial charge in [-0.3, -0.25) is 0 Å². The second-order valence-electron chi connectivity index (χ2n) is 4.13. The Balaban J connectivity index is 1.92. The van der Waals surface area contributed by atoms with Crippen LogP contribution >= 0.6 is 11.6 Å². The molecule has 0 atom stereocenters. The lowest BCUT2D eigenvalue weighted by atomic mass is 10.2. The minimum absolute atomic E-state index is 0.637. The zero-order valence-electron chi connectivity index (χ0n) is 11.0. The fourth-order valence-electron chi connectivity index (χ4n) is 1.57. The Morgan fingerprint density at radius 2 is 2.06 bits per heavy atom. The molecule has 0 fully saturated rings. The van der Waals surface area contributed by atoms with Gasteiger partial charge < -0.3 is 14.8 Å². The molecule has 0 heterocycles. The van der Waals surface area contributed by atoms with Crippen molar-refractivity contribution >= 4 is 11.6 Å². The number of ether oxygens (including phenoxy) is 2. The summed E-state index contributed by atoms with van der Waals surface area (Å²) in [6, 6.07) is 7.78. The lowest BCUT2D eigenvalue weighted by Gasteiger charge is -2.06. The van der Waals surface area contributed by atoms with E-state index < -0.39 is 0 Å². The van der Waals surface area contributed by atoms with Crippen LogP contribution in [0.4, 0.5) is 0 Å². The zero-order chi connectivity index (χ0) is 13.1. The molecule has 0 radical (unpaired) electrons. The maximum absolute atomic E-state index is 5.89. The van der Waals surface area contributed by atoms with Crippen LogP contribution in [0, 0.1) is 0 Å². The molecule has 4 heteroatoms. The molecule has 3 nitrogen and oxygen atoms in total. The van der Waals surface area contributed by atoms with E-state index in [4.69, 9.17) is 21.1 Å². The van der Waals surface area contributed by atoms with Crippen molar-refractivity contribution in [3.8, 4) is 0 Å². The second-order valence-corrected chi connectivity index (χ2v) is 4.57. The average Bonchev–Trinajstić information content (AvgIpc) is 2.37. The van der Waals surface area contributed by atoms with Crippen LogP contribution < -0.4 is 5.32 Å². The van der Waals surface area contributed by atoms with Crippen molar-refractivity contribution in [3.63, 3.8) is 0 Å². The van der Waals surface area contributed by atoms with Crippen molar-refractivity contribution in [2.24, 2.45) is 0 Å². The first-order valence-electron chi connectivity index (χ1n) is 6.35. The van der Waals surface area contributed by atoms with Crippen molar-refractivity contribution in [1.29, 1.82) is 0 Å². The number of hydrogen-bond donors (Lipinski definition) is 1. The summed E-state index contributed by atoms with van der Waals surface area (Å²) in [7, 11) is 1.71. The molecule has 102 valence electrons. The predicted molar refractivity (Wildman–Crippen MR) is 75.1 cm³/mol. The standard InChI is InChI=1S/C14H22ClNO2/c1-17-10-8-16-7-2-3-9-18-12-13-5-4-6-14(15)11-13/h4-6,11,16H,2-3,7-10,12H2,1H3. The van der Waals surface area contributed by atoms with E-state index in [1.807, 2.05) is 24.3 Å². The molecular weight excluding hydrogens is 250 g/mol. The third-order valence-corrected chi connectivity index (χ3v) is 2.77. The highest BCUT2D eigenvalue weighted by atomic mass is 35.5. The molecule has 0 aliphatic carbocycles. The topological polar surface area (TPSA) is 30.5 Å². The van der Waals surface area contributed by atoms with Crippen LogP contribution in [-0.4, -0.2) is 33.4 Å². The lowest BCUT2D eigenvalue weighted by molar-refractivity contribution is 0.117. The highest BCUT2D eigenvalue weighted by Gasteiger charge is 1.95. The van der Waals surface area contributed by atoms with Gasteiger partial charge in [0.1, 0.15) is 0 Å². The Hall–Kier alpha value is -0.610. The van der Waals surface area contributed by atoms with Crippen molar-refractivity contribution in [3.05, 3.63) is 34.9 Å². The van der Waals surface area contributed by atoms with Gasteiger partial charge in [-0.1, -0.05) is 23.7 Å². The molecule has 18 heavy (non-hydrogen) atoms. The maximum Gasteiger partial charge on any atom is 0.0717 e. The maximum atomic E-state index is 5.89. The van der Waals surface area contributed by atoms with Crippen LogP contribution in [0.25, 0.3) is 0 Å². The van der Waals surface area contributed by atoms with Gasteiger partial charge in [0, 0.05) is 25.3 Å². The van der Waals surface area contributed by atoms with Gasteiger partial charge >= 0.3 is 0 Å². The van der Waals surface area contributed by atoms with E-state index in [1.54, 1.807) is 7.11 Å². The summed E-state index contributed by atoms with van der Waals surface area (Å²) in [6.45, 7) is 4.13. The monoisotopic (exact) mass is 271 g/mol. The van der Waals surface area contributed by atoms with Crippen LogP contribution in [0.2, 0.25) is 5.02 Å². The molecule has 0 aliphatic rings. The third kappa shape index (κ3) is 7.67. The fraction of sp³-hybridized carbons (Fsp3) is 0.571. The predicted octanol–water partition coefficient (Wildman–Crippen LogP) is 2.87. The third-order valence-electron chi connectivity index (χ3n) is 2.53. The van der Waals surface area contributed by atoms with Crippen molar-refractivity contribution in [2.75, 3.05) is 33.4 Å². The summed E-state index contributed by atoms with van der Waals surface area (Å²) in [4.78, 5) is 0. The van der Waals surface area contributed by atoms with E-state index in [0.717, 1.165) is 49.7 Å². The van der Waals surface area contributed by atoms with E-state index in [0.29, 0.717) is 6.61 Å². The molecule has 0 spiro atoms. The summed E-state index contributed by atoms with van der Waals surface area (Å²) in [5.41, 5.74) is 1.13. The van der Waals surface area contributed by atoms with Gasteiger partial charge in [0.15, 0.2) is 0 Å². The van der Waals surface area contributed by atoms with Gasteiger partial charge in [-0.05, 0) is 37.1 Å². The Kier molecular flexibility index (Phi) is 8.86. The zero-order valence-corrected chi connectivity index (χ0v) is 11.7. The number of unbranched alkanes of at least 4 members (excludes halogenated alkanes) is 1. The molecule has 0 saturated carbocycles. The SMILES string of the molecule is COCCNCCCCOCc1cccc(Cl)c1. The number of halogens is 1. The first-order chi connectivity index (χ1) is 8.83. The molecule has 0 amide bonds. The quantitative estimate of drug-likeness (QED) is 0.664. The van der Waals surface area contributed by atoms with E-state index >= 15 is 0 Å². The Bertz CT molecular complexity index is 320. The van der Waals surface area contributed by atoms with Gasteiger partial charge in [-0.15, -0.1) is 0 Å². The second kappa shape index (κ2) is 10.3. The van der Waals surface area contributed by atoms with Gasteiger partial charge in [-0.25, -0.2) is 0 Å². The highest BCUT2D eigenvalue weighted by Crippen LogP contribution is 2.11.